The van der Waals surface area contributed by atoms with E-state index in [-0.39, 0.29) is 0 Å². The molecular weight excluding hydrogens is 150 g/mol. The molecule has 0 spiro atoms. The summed E-state index contributed by atoms with van der Waals surface area (Å²) in [4.78, 5) is 0. The van der Waals surface area contributed by atoms with Gasteiger partial charge in [0.25, 0.3) is 6.20 Å². The smallest absolute Gasteiger partial charge is 0.294 e. The highest BCUT2D eigenvalue weighted by Crippen LogP contribution is 2.15. The average Bonchev–Trinajstić information content (AvgIpc) is 1.82. The zero-order valence-electron chi connectivity index (χ0n) is 5.81. The molecule has 0 fully saturated rings. The molecule has 0 saturated carbocycles. The van der Waals surface area contributed by atoms with E-state index in [0.29, 0.717) is 15.3 Å². The van der Waals surface area contributed by atoms with Gasteiger partial charge in [-0.1, -0.05) is 11.6 Å². The number of pyridine rings is 1. The number of hydrogen-bond donors (Lipinski definition) is 0. The second kappa shape index (κ2) is 2.46. The monoisotopic (exact) mass is 156 g/mol. The Morgan fingerprint density at radius 3 is 2.70 bits per heavy atom. The third-order valence-corrected chi connectivity index (χ3v) is 1.85. The Labute approximate surface area is 64.6 Å². The van der Waals surface area contributed by atoms with Crippen LogP contribution in [0.15, 0.2) is 6.20 Å². The van der Waals surface area contributed by atoms with Crippen LogP contribution in [0.1, 0.15) is 11.1 Å². The summed E-state index contributed by atoms with van der Waals surface area (Å²) in [5, 5.41) is 11.3. The van der Waals surface area contributed by atoms with Crippen LogP contribution in [-0.2, 0) is 0 Å². The minimum Gasteiger partial charge on any atom is -0.618 e. The third kappa shape index (κ3) is 1.21. The van der Waals surface area contributed by atoms with E-state index in [1.807, 2.05) is 0 Å². The fraction of sp³-hybridized carbons (Fsp3) is 0.286. The van der Waals surface area contributed by atoms with Gasteiger partial charge in [-0.2, -0.15) is 4.73 Å². The predicted molar refractivity (Wildman–Crippen MR) is 38.7 cm³/mol. The van der Waals surface area contributed by atoms with Crippen molar-refractivity contribution in [1.82, 2.24) is 0 Å². The first-order valence-corrected chi connectivity index (χ1v) is 3.27. The standard InChI is InChI=1S/C7H7ClNO/c1-5-3-9(10)4-6(2)7(5)8/h3H,1-2H3. The summed E-state index contributed by atoms with van der Waals surface area (Å²) in [6.45, 7) is 3.54. The first-order valence-electron chi connectivity index (χ1n) is 2.89. The van der Waals surface area contributed by atoms with Crippen LogP contribution in [0.3, 0.4) is 0 Å². The Morgan fingerprint density at radius 1 is 1.60 bits per heavy atom. The molecule has 0 aliphatic heterocycles. The number of hydrogen-bond acceptors (Lipinski definition) is 1. The maximum Gasteiger partial charge on any atom is 0.294 e. The lowest BCUT2D eigenvalue weighted by Crippen LogP contribution is -2.26. The molecule has 2 nitrogen and oxygen atoms in total. The first-order chi connectivity index (χ1) is 4.61. The third-order valence-electron chi connectivity index (χ3n) is 1.26. The fourth-order valence-corrected chi connectivity index (χ4v) is 0.866. The van der Waals surface area contributed by atoms with Crippen LogP contribution in [0.5, 0.6) is 0 Å². The van der Waals surface area contributed by atoms with Crippen LogP contribution in [0, 0.1) is 25.3 Å². The van der Waals surface area contributed by atoms with Crippen molar-refractivity contribution in [3.8, 4) is 0 Å². The molecule has 1 radical (unpaired) electrons. The summed E-state index contributed by atoms with van der Waals surface area (Å²) in [5.74, 6) is 0. The topological polar surface area (TPSA) is 26.9 Å². The lowest BCUT2D eigenvalue weighted by Gasteiger charge is -1.99. The second-order valence-electron chi connectivity index (χ2n) is 2.19. The molecule has 0 aromatic carbocycles. The minimum absolute atomic E-state index is 0.618. The molecule has 0 N–H and O–H groups in total. The average molecular weight is 157 g/mol. The zero-order chi connectivity index (χ0) is 7.72. The van der Waals surface area contributed by atoms with E-state index in [0.717, 1.165) is 5.56 Å². The second-order valence-corrected chi connectivity index (χ2v) is 2.57. The molecule has 0 bridgehead atoms. The molecule has 0 atom stereocenters. The quantitative estimate of drug-likeness (QED) is 0.412. The predicted octanol–water partition coefficient (Wildman–Crippen LogP) is 1.39. The molecular formula is C7H7ClNO. The van der Waals surface area contributed by atoms with Crippen LogP contribution in [0.4, 0.5) is 0 Å². The minimum atomic E-state index is 0.618. The van der Waals surface area contributed by atoms with E-state index in [4.69, 9.17) is 11.6 Å². The maximum absolute atomic E-state index is 10.7. The Balaban J connectivity index is 3.31. The zero-order valence-corrected chi connectivity index (χ0v) is 6.57. The highest BCUT2D eigenvalue weighted by atomic mass is 35.5. The lowest BCUT2D eigenvalue weighted by atomic mass is 10.2. The summed E-state index contributed by atoms with van der Waals surface area (Å²) in [5.41, 5.74) is 1.48. The van der Waals surface area contributed by atoms with Crippen molar-refractivity contribution < 1.29 is 4.73 Å². The largest absolute Gasteiger partial charge is 0.618 e. The van der Waals surface area contributed by atoms with Gasteiger partial charge in [-0.3, -0.25) is 0 Å². The van der Waals surface area contributed by atoms with Gasteiger partial charge in [0, 0.05) is 11.1 Å². The van der Waals surface area contributed by atoms with Crippen LogP contribution in [0.25, 0.3) is 0 Å². The normalized spacial score (nSPS) is 9.90. The van der Waals surface area contributed by atoms with Gasteiger partial charge in [0.15, 0.2) is 6.20 Å². The molecule has 0 amide bonds. The molecule has 0 saturated heterocycles. The Kier molecular flexibility index (Phi) is 1.81. The Morgan fingerprint density at radius 2 is 2.20 bits per heavy atom. The van der Waals surface area contributed by atoms with Gasteiger partial charge < -0.3 is 5.21 Å². The van der Waals surface area contributed by atoms with Crippen molar-refractivity contribution in [2.45, 2.75) is 13.8 Å². The van der Waals surface area contributed by atoms with Gasteiger partial charge in [-0.15, -0.1) is 0 Å². The molecule has 1 aromatic rings. The van der Waals surface area contributed by atoms with Crippen molar-refractivity contribution in [2.75, 3.05) is 0 Å². The van der Waals surface area contributed by atoms with Gasteiger partial charge in [-0.05, 0) is 13.8 Å². The van der Waals surface area contributed by atoms with Crippen molar-refractivity contribution in [1.29, 1.82) is 0 Å². The fourth-order valence-electron chi connectivity index (χ4n) is 0.775. The summed E-state index contributed by atoms with van der Waals surface area (Å²) < 4.78 is 0.635. The van der Waals surface area contributed by atoms with Crippen molar-refractivity contribution >= 4 is 11.6 Å². The lowest BCUT2D eigenvalue weighted by molar-refractivity contribution is -0.610. The van der Waals surface area contributed by atoms with E-state index < -0.39 is 0 Å². The van der Waals surface area contributed by atoms with Crippen LogP contribution < -0.4 is 4.73 Å². The maximum atomic E-state index is 10.7. The van der Waals surface area contributed by atoms with Crippen LogP contribution in [0.2, 0.25) is 5.02 Å². The van der Waals surface area contributed by atoms with E-state index in [2.05, 4.69) is 6.20 Å². The summed E-state index contributed by atoms with van der Waals surface area (Å²) in [6.07, 6.45) is 3.91. The van der Waals surface area contributed by atoms with Gasteiger partial charge in [0.05, 0.1) is 5.02 Å². The highest BCUT2D eigenvalue weighted by molar-refractivity contribution is 6.31. The van der Waals surface area contributed by atoms with E-state index in [9.17, 15) is 5.21 Å². The van der Waals surface area contributed by atoms with E-state index >= 15 is 0 Å². The summed E-state index contributed by atoms with van der Waals surface area (Å²) in [6, 6.07) is 0. The molecule has 0 unspecified atom stereocenters. The van der Waals surface area contributed by atoms with Gasteiger partial charge in [-0.25, -0.2) is 0 Å². The molecule has 3 heteroatoms. The molecule has 1 aromatic heterocycles. The van der Waals surface area contributed by atoms with Crippen molar-refractivity contribution in [2.24, 2.45) is 0 Å². The molecule has 0 aliphatic rings. The SMILES string of the molecule is Cc1[c][n+]([O-])cc(C)c1Cl. The summed E-state index contributed by atoms with van der Waals surface area (Å²) in [7, 11) is 0. The van der Waals surface area contributed by atoms with E-state index in [1.165, 1.54) is 6.20 Å². The number of halogens is 1. The van der Waals surface area contributed by atoms with Crippen molar-refractivity contribution in [3.63, 3.8) is 0 Å². The molecule has 0 aliphatic carbocycles. The van der Waals surface area contributed by atoms with Gasteiger partial charge >= 0.3 is 0 Å². The van der Waals surface area contributed by atoms with Gasteiger partial charge in [0.1, 0.15) is 0 Å². The van der Waals surface area contributed by atoms with E-state index in [1.54, 1.807) is 13.8 Å². The number of rotatable bonds is 0. The Hall–Kier alpha value is -0.760. The summed E-state index contributed by atoms with van der Waals surface area (Å²) >= 11 is 5.77. The molecule has 1 heterocycles. The Bertz CT molecular complexity index is 237. The molecule has 1 rings (SSSR count). The number of aryl methyl sites for hydroxylation is 2. The number of aromatic nitrogens is 1. The van der Waals surface area contributed by atoms with Crippen molar-refractivity contribution in [3.05, 3.63) is 33.8 Å². The first kappa shape index (κ1) is 7.35. The number of nitrogens with zero attached hydrogens (tertiary/aromatic N) is 1. The van der Waals surface area contributed by atoms with Gasteiger partial charge in [0.2, 0.25) is 0 Å². The molecule has 53 valence electrons. The molecule has 10 heavy (non-hydrogen) atoms. The van der Waals surface area contributed by atoms with Crippen LogP contribution in [-0.4, -0.2) is 0 Å². The highest BCUT2D eigenvalue weighted by Gasteiger charge is 2.04. The van der Waals surface area contributed by atoms with Crippen LogP contribution >= 0.6 is 11.6 Å².